The molecule has 0 saturated carbocycles. The van der Waals surface area contributed by atoms with Crippen LogP contribution in [-0.2, 0) is 10.5 Å². The van der Waals surface area contributed by atoms with Crippen LogP contribution >= 0.6 is 0 Å². The fraction of sp³-hybridized carbons (Fsp3) is 0.538. The number of halogens is 1. The maximum Gasteiger partial charge on any atom is 0.142 e. The summed E-state index contributed by atoms with van der Waals surface area (Å²) in [5, 5.41) is 3.38. The summed E-state index contributed by atoms with van der Waals surface area (Å²) in [6.07, 6.45) is 0. The lowest BCUT2D eigenvalue weighted by molar-refractivity contribution is -0.131. The predicted octanol–water partition coefficient (Wildman–Crippen LogP) is 2.64. The Morgan fingerprint density at radius 2 is 1.81 bits per heavy atom. The average molecular weight is 223 g/mol. The zero-order chi connectivity index (χ0) is 11.8. The molecule has 0 amide bonds. The van der Waals surface area contributed by atoms with Gasteiger partial charge in [0, 0.05) is 12.0 Å². The first-order chi connectivity index (χ1) is 7.41. The van der Waals surface area contributed by atoms with Crippen molar-refractivity contribution in [1.29, 1.82) is 0 Å². The van der Waals surface area contributed by atoms with Gasteiger partial charge < -0.3 is 4.74 Å². The molecular formula is C13H18FNO. The second-order valence-corrected chi connectivity index (χ2v) is 5.35. The Hall–Kier alpha value is -0.930. The highest BCUT2D eigenvalue weighted by Gasteiger charge is 2.36. The lowest BCUT2D eigenvalue weighted by atomic mass is 9.90. The molecule has 88 valence electrons. The second-order valence-electron chi connectivity index (χ2n) is 5.35. The molecule has 0 aliphatic carbocycles. The predicted molar refractivity (Wildman–Crippen MR) is 61.5 cm³/mol. The number of nitrogens with one attached hydrogen (secondary N) is 1. The standard InChI is InChI=1S/C13H18FNO/c1-12(2)8-15-13(3,16-9-12)10-4-6-11(14)7-5-10/h4-7,15H,8-9H2,1-3H3. The van der Waals surface area contributed by atoms with Gasteiger partial charge in [-0.15, -0.1) is 0 Å². The van der Waals surface area contributed by atoms with Gasteiger partial charge in [0.1, 0.15) is 11.5 Å². The van der Waals surface area contributed by atoms with E-state index in [-0.39, 0.29) is 11.2 Å². The summed E-state index contributed by atoms with van der Waals surface area (Å²) >= 11 is 0. The summed E-state index contributed by atoms with van der Waals surface area (Å²) in [5.41, 5.74) is 0.618. The van der Waals surface area contributed by atoms with Crippen molar-refractivity contribution in [1.82, 2.24) is 5.32 Å². The molecule has 1 aliphatic rings. The highest BCUT2D eigenvalue weighted by Crippen LogP contribution is 2.31. The SMILES string of the molecule is CC1(C)CNC(C)(c2ccc(F)cc2)OC1. The summed E-state index contributed by atoms with van der Waals surface area (Å²) < 4.78 is 18.7. The third-order valence-electron chi connectivity index (χ3n) is 3.05. The quantitative estimate of drug-likeness (QED) is 0.790. The Morgan fingerprint density at radius 1 is 1.19 bits per heavy atom. The normalized spacial score (nSPS) is 29.0. The van der Waals surface area contributed by atoms with Crippen molar-refractivity contribution < 1.29 is 9.13 Å². The summed E-state index contributed by atoms with van der Waals surface area (Å²) in [5.74, 6) is -0.219. The average Bonchev–Trinajstić information content (AvgIpc) is 2.24. The lowest BCUT2D eigenvalue weighted by Crippen LogP contribution is -2.53. The monoisotopic (exact) mass is 223 g/mol. The van der Waals surface area contributed by atoms with Gasteiger partial charge in [-0.05, 0) is 24.6 Å². The van der Waals surface area contributed by atoms with Crippen LogP contribution in [-0.4, -0.2) is 13.2 Å². The van der Waals surface area contributed by atoms with Crippen molar-refractivity contribution in [3.8, 4) is 0 Å². The minimum absolute atomic E-state index is 0.152. The topological polar surface area (TPSA) is 21.3 Å². The third-order valence-corrected chi connectivity index (χ3v) is 3.05. The number of rotatable bonds is 1. The van der Waals surface area contributed by atoms with Crippen LogP contribution < -0.4 is 5.32 Å². The highest BCUT2D eigenvalue weighted by molar-refractivity contribution is 5.22. The Balaban J connectivity index is 2.18. The Kier molecular flexibility index (Phi) is 2.76. The molecule has 16 heavy (non-hydrogen) atoms. The van der Waals surface area contributed by atoms with Crippen LogP contribution in [0.2, 0.25) is 0 Å². The zero-order valence-electron chi connectivity index (χ0n) is 10.0. The van der Waals surface area contributed by atoms with Crippen LogP contribution in [0.3, 0.4) is 0 Å². The van der Waals surface area contributed by atoms with Gasteiger partial charge in [-0.25, -0.2) is 4.39 Å². The van der Waals surface area contributed by atoms with Crippen LogP contribution in [0.25, 0.3) is 0 Å². The molecular weight excluding hydrogens is 205 g/mol. The number of hydrogen-bond donors (Lipinski definition) is 1. The molecule has 2 rings (SSSR count). The van der Waals surface area contributed by atoms with E-state index < -0.39 is 5.72 Å². The minimum atomic E-state index is -0.497. The smallest absolute Gasteiger partial charge is 0.142 e. The number of hydrogen-bond acceptors (Lipinski definition) is 2. The van der Waals surface area contributed by atoms with Gasteiger partial charge in [-0.2, -0.15) is 0 Å². The Morgan fingerprint density at radius 3 is 2.31 bits per heavy atom. The molecule has 1 atom stereocenters. The van der Waals surface area contributed by atoms with Crippen molar-refractivity contribution >= 4 is 0 Å². The molecule has 0 aromatic heterocycles. The molecule has 2 nitrogen and oxygen atoms in total. The molecule has 0 bridgehead atoms. The van der Waals surface area contributed by atoms with Crippen molar-refractivity contribution in [2.75, 3.05) is 13.2 Å². The maximum atomic E-state index is 12.8. The fourth-order valence-electron chi connectivity index (χ4n) is 1.80. The molecule has 1 N–H and O–H groups in total. The first-order valence-corrected chi connectivity index (χ1v) is 5.56. The fourth-order valence-corrected chi connectivity index (χ4v) is 1.80. The Labute approximate surface area is 95.8 Å². The van der Waals surface area contributed by atoms with Crippen LogP contribution in [0.1, 0.15) is 26.3 Å². The van der Waals surface area contributed by atoms with E-state index in [0.717, 1.165) is 12.1 Å². The lowest BCUT2D eigenvalue weighted by Gasteiger charge is -2.42. The van der Waals surface area contributed by atoms with Crippen molar-refractivity contribution in [2.24, 2.45) is 5.41 Å². The van der Waals surface area contributed by atoms with Crippen LogP contribution in [0.4, 0.5) is 4.39 Å². The minimum Gasteiger partial charge on any atom is -0.356 e. The molecule has 1 aliphatic heterocycles. The van der Waals surface area contributed by atoms with Gasteiger partial charge in [0.05, 0.1) is 6.61 Å². The first kappa shape index (κ1) is 11.6. The van der Waals surface area contributed by atoms with Crippen molar-refractivity contribution in [3.05, 3.63) is 35.6 Å². The van der Waals surface area contributed by atoms with Crippen LogP contribution in [0.15, 0.2) is 24.3 Å². The summed E-state index contributed by atoms with van der Waals surface area (Å²) in [4.78, 5) is 0. The van der Waals surface area contributed by atoms with E-state index in [1.165, 1.54) is 12.1 Å². The zero-order valence-corrected chi connectivity index (χ0v) is 10.0. The number of ether oxygens (including phenoxy) is 1. The molecule has 1 unspecified atom stereocenters. The van der Waals surface area contributed by atoms with Gasteiger partial charge >= 0.3 is 0 Å². The van der Waals surface area contributed by atoms with E-state index in [1.54, 1.807) is 12.1 Å². The summed E-state index contributed by atoms with van der Waals surface area (Å²) in [6, 6.07) is 6.46. The van der Waals surface area contributed by atoms with E-state index in [0.29, 0.717) is 6.61 Å². The molecule has 1 fully saturated rings. The van der Waals surface area contributed by atoms with E-state index >= 15 is 0 Å². The number of benzene rings is 1. The molecule has 3 heteroatoms. The van der Waals surface area contributed by atoms with Gasteiger partial charge in [0.2, 0.25) is 0 Å². The summed E-state index contributed by atoms with van der Waals surface area (Å²) in [7, 11) is 0. The van der Waals surface area contributed by atoms with Gasteiger partial charge in [-0.3, -0.25) is 5.32 Å². The molecule has 0 radical (unpaired) electrons. The van der Waals surface area contributed by atoms with E-state index in [2.05, 4.69) is 19.2 Å². The van der Waals surface area contributed by atoms with E-state index in [1.807, 2.05) is 6.92 Å². The first-order valence-electron chi connectivity index (χ1n) is 5.56. The highest BCUT2D eigenvalue weighted by atomic mass is 19.1. The maximum absolute atomic E-state index is 12.8. The molecule has 0 spiro atoms. The third kappa shape index (κ3) is 2.25. The van der Waals surface area contributed by atoms with E-state index in [4.69, 9.17) is 4.74 Å². The van der Waals surface area contributed by atoms with Gasteiger partial charge in [-0.1, -0.05) is 26.0 Å². The Bertz CT molecular complexity index is 362. The second kappa shape index (κ2) is 3.82. The summed E-state index contributed by atoms with van der Waals surface area (Å²) in [6.45, 7) is 7.89. The molecule has 1 aromatic carbocycles. The van der Waals surface area contributed by atoms with Gasteiger partial charge in [0.15, 0.2) is 0 Å². The van der Waals surface area contributed by atoms with Crippen LogP contribution in [0, 0.1) is 11.2 Å². The van der Waals surface area contributed by atoms with Crippen molar-refractivity contribution in [2.45, 2.75) is 26.5 Å². The molecule has 1 saturated heterocycles. The largest absolute Gasteiger partial charge is 0.356 e. The van der Waals surface area contributed by atoms with Crippen molar-refractivity contribution in [3.63, 3.8) is 0 Å². The molecule has 1 aromatic rings. The molecule has 1 heterocycles. The van der Waals surface area contributed by atoms with E-state index in [9.17, 15) is 4.39 Å². The van der Waals surface area contributed by atoms with Crippen LogP contribution in [0.5, 0.6) is 0 Å². The van der Waals surface area contributed by atoms with Gasteiger partial charge in [0.25, 0.3) is 0 Å².